The summed E-state index contributed by atoms with van der Waals surface area (Å²) in [6.07, 6.45) is 0. The fraction of sp³-hybridized carbons (Fsp3) is 0.238. The van der Waals surface area contributed by atoms with Crippen molar-refractivity contribution in [3.63, 3.8) is 0 Å². The lowest BCUT2D eigenvalue weighted by Crippen LogP contribution is -2.48. The Balaban J connectivity index is 1.90. The van der Waals surface area contributed by atoms with Crippen molar-refractivity contribution in [1.82, 2.24) is 5.32 Å². The van der Waals surface area contributed by atoms with E-state index in [4.69, 9.17) is 5.73 Å². The summed E-state index contributed by atoms with van der Waals surface area (Å²) in [5, 5.41) is 6.27. The first kappa shape index (κ1) is 14.3. The van der Waals surface area contributed by atoms with E-state index in [1.54, 1.807) is 0 Å². The van der Waals surface area contributed by atoms with Crippen LogP contribution in [0.15, 0.2) is 60.7 Å². The van der Waals surface area contributed by atoms with Gasteiger partial charge in [-0.25, -0.2) is 0 Å². The molecule has 0 spiro atoms. The zero-order valence-corrected chi connectivity index (χ0v) is 13.6. The Labute approximate surface area is 137 Å². The van der Waals surface area contributed by atoms with Gasteiger partial charge in [0.05, 0.1) is 0 Å². The third kappa shape index (κ3) is 2.40. The molecule has 3 aromatic rings. The van der Waals surface area contributed by atoms with E-state index in [1.807, 2.05) is 6.07 Å². The zero-order valence-electron chi connectivity index (χ0n) is 13.6. The van der Waals surface area contributed by atoms with Crippen LogP contribution in [0.1, 0.15) is 36.5 Å². The lowest BCUT2D eigenvalue weighted by molar-refractivity contribution is 0.324. The topological polar surface area (TPSA) is 38.0 Å². The van der Waals surface area contributed by atoms with Gasteiger partial charge in [-0.3, -0.25) is 0 Å². The van der Waals surface area contributed by atoms with Crippen LogP contribution in [0.4, 0.5) is 5.69 Å². The van der Waals surface area contributed by atoms with Gasteiger partial charge in [0.25, 0.3) is 0 Å². The van der Waals surface area contributed by atoms with Gasteiger partial charge in [-0.15, -0.1) is 0 Å². The van der Waals surface area contributed by atoms with E-state index < -0.39 is 0 Å². The Bertz CT molecular complexity index is 880. The minimum Gasteiger partial charge on any atom is -0.399 e. The van der Waals surface area contributed by atoms with Crippen LogP contribution in [-0.4, -0.2) is 5.54 Å². The predicted molar refractivity (Wildman–Crippen MR) is 97.6 cm³/mol. The Hall–Kier alpha value is -2.32. The zero-order chi connectivity index (χ0) is 16.0. The highest BCUT2D eigenvalue weighted by atomic mass is 15.0. The number of anilines is 1. The van der Waals surface area contributed by atoms with E-state index in [0.717, 1.165) is 12.2 Å². The maximum atomic E-state index is 5.98. The highest BCUT2D eigenvalue weighted by Crippen LogP contribution is 2.41. The lowest BCUT2D eigenvalue weighted by Gasteiger charge is -2.41. The van der Waals surface area contributed by atoms with Crippen molar-refractivity contribution in [2.75, 3.05) is 5.73 Å². The van der Waals surface area contributed by atoms with Crippen molar-refractivity contribution in [3.8, 4) is 0 Å². The van der Waals surface area contributed by atoms with Gasteiger partial charge in [-0.1, -0.05) is 48.5 Å². The summed E-state index contributed by atoms with van der Waals surface area (Å²) in [5.74, 6) is 0.316. The molecule has 116 valence electrons. The minimum atomic E-state index is 0.00553. The quantitative estimate of drug-likeness (QED) is 0.652. The van der Waals surface area contributed by atoms with E-state index in [-0.39, 0.29) is 5.54 Å². The Morgan fingerprint density at radius 2 is 1.74 bits per heavy atom. The molecule has 2 heteroatoms. The second-order valence-electron chi connectivity index (χ2n) is 7.07. The third-order valence-corrected chi connectivity index (χ3v) is 5.04. The SMILES string of the molecule is CC1(C)NCc2cc(N)ccc2C1c1ccc2ccccc2c1. The van der Waals surface area contributed by atoms with Gasteiger partial charge in [-0.05, 0) is 53.4 Å². The summed E-state index contributed by atoms with van der Waals surface area (Å²) in [4.78, 5) is 0. The van der Waals surface area contributed by atoms with E-state index in [0.29, 0.717) is 5.92 Å². The molecule has 0 amide bonds. The molecule has 1 aliphatic heterocycles. The molecule has 0 fully saturated rings. The number of hydrogen-bond acceptors (Lipinski definition) is 2. The second kappa shape index (κ2) is 5.10. The van der Waals surface area contributed by atoms with Gasteiger partial charge in [0.15, 0.2) is 0 Å². The molecule has 1 unspecified atom stereocenters. The van der Waals surface area contributed by atoms with Crippen LogP contribution in [0.5, 0.6) is 0 Å². The minimum absolute atomic E-state index is 0.00553. The van der Waals surface area contributed by atoms with Crippen LogP contribution in [0, 0.1) is 0 Å². The normalized spacial score (nSPS) is 19.5. The van der Waals surface area contributed by atoms with Gasteiger partial charge in [-0.2, -0.15) is 0 Å². The van der Waals surface area contributed by atoms with Crippen LogP contribution >= 0.6 is 0 Å². The maximum Gasteiger partial charge on any atom is 0.0317 e. The molecule has 0 aliphatic carbocycles. The molecule has 0 saturated carbocycles. The molecular weight excluding hydrogens is 280 g/mol. The van der Waals surface area contributed by atoms with E-state index >= 15 is 0 Å². The van der Waals surface area contributed by atoms with Crippen molar-refractivity contribution in [2.24, 2.45) is 0 Å². The number of nitrogens with two attached hydrogens (primary N) is 1. The summed E-state index contributed by atoms with van der Waals surface area (Å²) < 4.78 is 0. The van der Waals surface area contributed by atoms with Crippen molar-refractivity contribution < 1.29 is 0 Å². The Kier molecular flexibility index (Phi) is 3.17. The molecule has 1 atom stereocenters. The molecule has 3 aromatic carbocycles. The number of rotatable bonds is 1. The fourth-order valence-corrected chi connectivity index (χ4v) is 3.86. The summed E-state index contributed by atoms with van der Waals surface area (Å²) in [6, 6.07) is 21.7. The first-order valence-electron chi connectivity index (χ1n) is 8.17. The van der Waals surface area contributed by atoms with Crippen molar-refractivity contribution in [1.29, 1.82) is 0 Å². The van der Waals surface area contributed by atoms with Crippen LogP contribution in [0.3, 0.4) is 0 Å². The number of hydrogen-bond donors (Lipinski definition) is 2. The summed E-state index contributed by atoms with van der Waals surface area (Å²) in [7, 11) is 0. The molecule has 4 rings (SSSR count). The summed E-state index contributed by atoms with van der Waals surface area (Å²) in [6.45, 7) is 5.44. The summed E-state index contributed by atoms with van der Waals surface area (Å²) >= 11 is 0. The van der Waals surface area contributed by atoms with Crippen LogP contribution in [0.25, 0.3) is 10.8 Å². The van der Waals surface area contributed by atoms with Crippen LogP contribution in [-0.2, 0) is 6.54 Å². The van der Waals surface area contributed by atoms with Crippen LogP contribution in [0.2, 0.25) is 0 Å². The first-order valence-corrected chi connectivity index (χ1v) is 8.17. The molecule has 0 bridgehead atoms. The number of nitrogens with one attached hydrogen (secondary N) is 1. The van der Waals surface area contributed by atoms with Crippen molar-refractivity contribution >= 4 is 16.5 Å². The third-order valence-electron chi connectivity index (χ3n) is 5.04. The first-order chi connectivity index (χ1) is 11.0. The van der Waals surface area contributed by atoms with Crippen LogP contribution < -0.4 is 11.1 Å². The molecular formula is C21H22N2. The molecule has 1 heterocycles. The average Bonchev–Trinajstić information content (AvgIpc) is 2.54. The Morgan fingerprint density at radius 3 is 2.57 bits per heavy atom. The molecule has 0 radical (unpaired) electrons. The largest absolute Gasteiger partial charge is 0.399 e. The number of nitrogen functional groups attached to an aromatic ring is 1. The fourth-order valence-electron chi connectivity index (χ4n) is 3.86. The van der Waals surface area contributed by atoms with Gasteiger partial charge >= 0.3 is 0 Å². The monoisotopic (exact) mass is 302 g/mol. The van der Waals surface area contributed by atoms with E-state index in [2.05, 4.69) is 73.8 Å². The second-order valence-corrected chi connectivity index (χ2v) is 7.07. The number of benzene rings is 3. The highest BCUT2D eigenvalue weighted by molar-refractivity contribution is 5.83. The van der Waals surface area contributed by atoms with Crippen molar-refractivity contribution in [3.05, 3.63) is 77.4 Å². The lowest BCUT2D eigenvalue weighted by atomic mass is 9.72. The maximum absolute atomic E-state index is 5.98. The molecule has 0 aromatic heterocycles. The molecule has 23 heavy (non-hydrogen) atoms. The highest BCUT2D eigenvalue weighted by Gasteiger charge is 2.36. The average molecular weight is 302 g/mol. The smallest absolute Gasteiger partial charge is 0.0317 e. The molecule has 1 aliphatic rings. The standard InChI is InChI=1S/C21H22N2/c1-21(2)20(19-10-9-18(22)12-17(19)13-23-21)16-8-7-14-5-3-4-6-15(14)11-16/h3-12,20,23H,13,22H2,1-2H3. The van der Waals surface area contributed by atoms with Gasteiger partial charge in [0.2, 0.25) is 0 Å². The van der Waals surface area contributed by atoms with E-state index in [9.17, 15) is 0 Å². The Morgan fingerprint density at radius 1 is 0.957 bits per heavy atom. The summed E-state index contributed by atoms with van der Waals surface area (Å²) in [5.41, 5.74) is 10.9. The number of fused-ring (bicyclic) bond motifs is 2. The van der Waals surface area contributed by atoms with Gasteiger partial charge in [0.1, 0.15) is 0 Å². The molecule has 0 saturated heterocycles. The predicted octanol–water partition coefficient (Wildman–Crippen LogP) is 4.44. The molecule has 2 nitrogen and oxygen atoms in total. The van der Waals surface area contributed by atoms with Crippen molar-refractivity contribution in [2.45, 2.75) is 31.8 Å². The van der Waals surface area contributed by atoms with E-state index in [1.165, 1.54) is 27.5 Å². The van der Waals surface area contributed by atoms with Gasteiger partial charge in [0, 0.05) is 23.7 Å². The van der Waals surface area contributed by atoms with Gasteiger partial charge < -0.3 is 11.1 Å². The molecule has 3 N–H and O–H groups in total.